The van der Waals surface area contributed by atoms with Crippen LogP contribution >= 0.6 is 0 Å². The largest absolute Gasteiger partial charge is 0.495 e. The Morgan fingerprint density at radius 2 is 2.05 bits per heavy atom. The van der Waals surface area contributed by atoms with Crippen LogP contribution < -0.4 is 15.4 Å². The molecule has 0 atom stereocenters. The third-order valence-electron chi connectivity index (χ3n) is 3.83. The van der Waals surface area contributed by atoms with Crippen molar-refractivity contribution in [3.63, 3.8) is 0 Å². The van der Waals surface area contributed by atoms with Crippen LogP contribution in [0.3, 0.4) is 0 Å². The molecule has 0 spiro atoms. The van der Waals surface area contributed by atoms with Crippen LogP contribution in [0.1, 0.15) is 22.3 Å². The zero-order valence-corrected chi connectivity index (χ0v) is 12.0. The number of amides is 1. The van der Waals surface area contributed by atoms with Crippen molar-refractivity contribution >= 4 is 17.3 Å². The number of methoxy groups -OCH3 is 1. The second kappa shape index (κ2) is 5.48. The fourth-order valence-electron chi connectivity index (χ4n) is 2.77. The van der Waals surface area contributed by atoms with E-state index in [0.717, 1.165) is 25.1 Å². The standard InChI is InChI=1S/C17H18N2O2/c1-21-16-9-8-13(11-14(16)18)17(20)19-10-4-6-12-5-2-3-7-15(12)19/h2-3,5,7-9,11H,4,6,10,18H2,1H3. The molecule has 1 amide bonds. The zero-order valence-electron chi connectivity index (χ0n) is 12.0. The lowest BCUT2D eigenvalue weighted by Crippen LogP contribution is -2.35. The molecule has 2 aromatic carbocycles. The van der Waals surface area contributed by atoms with Gasteiger partial charge in [-0.25, -0.2) is 0 Å². The van der Waals surface area contributed by atoms with Gasteiger partial charge in [-0.2, -0.15) is 0 Å². The van der Waals surface area contributed by atoms with Crippen LogP contribution in [-0.2, 0) is 6.42 Å². The number of nitrogens with zero attached hydrogens (tertiary/aromatic N) is 1. The molecule has 1 aliphatic heterocycles. The molecule has 0 aromatic heterocycles. The number of carbonyl (C=O) groups excluding carboxylic acids is 1. The van der Waals surface area contributed by atoms with Crippen LogP contribution in [-0.4, -0.2) is 19.6 Å². The minimum Gasteiger partial charge on any atom is -0.495 e. The molecule has 108 valence electrons. The first-order chi connectivity index (χ1) is 10.2. The summed E-state index contributed by atoms with van der Waals surface area (Å²) < 4.78 is 5.13. The monoisotopic (exact) mass is 282 g/mol. The summed E-state index contributed by atoms with van der Waals surface area (Å²) in [7, 11) is 1.56. The van der Waals surface area contributed by atoms with E-state index in [0.29, 0.717) is 17.0 Å². The number of ether oxygens (including phenoxy) is 1. The number of benzene rings is 2. The first-order valence-electron chi connectivity index (χ1n) is 7.04. The topological polar surface area (TPSA) is 55.6 Å². The lowest BCUT2D eigenvalue weighted by Gasteiger charge is -2.29. The quantitative estimate of drug-likeness (QED) is 0.862. The summed E-state index contributed by atoms with van der Waals surface area (Å²) in [4.78, 5) is 14.6. The Hall–Kier alpha value is -2.49. The number of para-hydroxylation sites is 1. The van der Waals surface area contributed by atoms with Gasteiger partial charge in [-0.1, -0.05) is 18.2 Å². The minimum atomic E-state index is -0.0171. The van der Waals surface area contributed by atoms with Crippen molar-refractivity contribution in [3.05, 3.63) is 53.6 Å². The molecule has 21 heavy (non-hydrogen) atoms. The van der Waals surface area contributed by atoms with E-state index in [4.69, 9.17) is 10.5 Å². The Labute approximate surface area is 124 Å². The van der Waals surface area contributed by atoms with Crippen molar-refractivity contribution in [2.45, 2.75) is 12.8 Å². The Bertz CT molecular complexity index is 682. The summed E-state index contributed by atoms with van der Waals surface area (Å²) in [6.45, 7) is 0.738. The van der Waals surface area contributed by atoms with E-state index in [1.165, 1.54) is 5.56 Å². The van der Waals surface area contributed by atoms with Crippen LogP contribution in [0.15, 0.2) is 42.5 Å². The summed E-state index contributed by atoms with van der Waals surface area (Å²) in [6, 6.07) is 13.2. The van der Waals surface area contributed by atoms with E-state index >= 15 is 0 Å². The van der Waals surface area contributed by atoms with E-state index in [9.17, 15) is 4.79 Å². The van der Waals surface area contributed by atoms with Crippen molar-refractivity contribution in [2.75, 3.05) is 24.3 Å². The Morgan fingerprint density at radius 3 is 2.81 bits per heavy atom. The molecule has 0 saturated carbocycles. The number of nitrogen functional groups attached to an aromatic ring is 1. The highest BCUT2D eigenvalue weighted by Gasteiger charge is 2.23. The summed E-state index contributed by atoms with van der Waals surface area (Å²) in [6.07, 6.45) is 2.00. The summed E-state index contributed by atoms with van der Waals surface area (Å²) in [5.74, 6) is 0.571. The van der Waals surface area contributed by atoms with E-state index in [2.05, 4.69) is 6.07 Å². The van der Waals surface area contributed by atoms with E-state index < -0.39 is 0 Å². The van der Waals surface area contributed by atoms with Crippen molar-refractivity contribution < 1.29 is 9.53 Å². The Balaban J connectivity index is 1.95. The lowest BCUT2D eigenvalue weighted by molar-refractivity contribution is 0.0985. The molecule has 0 fully saturated rings. The molecule has 2 N–H and O–H groups in total. The molecule has 2 aromatic rings. The minimum absolute atomic E-state index is 0.0171. The van der Waals surface area contributed by atoms with Gasteiger partial charge in [-0.05, 0) is 42.7 Å². The predicted molar refractivity (Wildman–Crippen MR) is 83.8 cm³/mol. The normalized spacial score (nSPS) is 13.7. The van der Waals surface area contributed by atoms with Gasteiger partial charge in [0, 0.05) is 17.8 Å². The van der Waals surface area contributed by atoms with E-state index in [1.807, 2.05) is 23.1 Å². The molecule has 1 aliphatic rings. The lowest BCUT2D eigenvalue weighted by atomic mass is 10.0. The first kappa shape index (κ1) is 13.5. The zero-order chi connectivity index (χ0) is 14.8. The molecule has 3 rings (SSSR count). The van der Waals surface area contributed by atoms with Crippen molar-refractivity contribution in [3.8, 4) is 5.75 Å². The molecular weight excluding hydrogens is 264 g/mol. The van der Waals surface area contributed by atoms with Crippen molar-refractivity contribution in [1.29, 1.82) is 0 Å². The number of rotatable bonds is 2. The van der Waals surface area contributed by atoms with Crippen LogP contribution in [0.25, 0.3) is 0 Å². The number of aryl methyl sites for hydroxylation is 1. The highest BCUT2D eigenvalue weighted by molar-refractivity contribution is 6.07. The molecule has 0 radical (unpaired) electrons. The van der Waals surface area contributed by atoms with E-state index in [1.54, 1.807) is 25.3 Å². The SMILES string of the molecule is COc1ccc(C(=O)N2CCCc3ccccc32)cc1N. The summed E-state index contributed by atoms with van der Waals surface area (Å²) >= 11 is 0. The highest BCUT2D eigenvalue weighted by atomic mass is 16.5. The Morgan fingerprint density at radius 1 is 1.24 bits per heavy atom. The number of hydrogen-bond acceptors (Lipinski definition) is 3. The molecule has 4 heteroatoms. The number of anilines is 2. The molecule has 4 nitrogen and oxygen atoms in total. The third kappa shape index (κ3) is 2.44. The fourth-order valence-corrected chi connectivity index (χ4v) is 2.77. The van der Waals surface area contributed by atoms with Gasteiger partial charge in [0.2, 0.25) is 0 Å². The maximum absolute atomic E-state index is 12.7. The number of carbonyl (C=O) groups is 1. The predicted octanol–water partition coefficient (Wildman–Crippen LogP) is 2.87. The maximum atomic E-state index is 12.7. The van der Waals surface area contributed by atoms with Gasteiger partial charge in [0.1, 0.15) is 5.75 Å². The molecule has 0 unspecified atom stereocenters. The smallest absolute Gasteiger partial charge is 0.258 e. The molecular formula is C17H18N2O2. The average molecular weight is 282 g/mol. The second-order valence-corrected chi connectivity index (χ2v) is 5.15. The van der Waals surface area contributed by atoms with Gasteiger partial charge in [0.15, 0.2) is 0 Å². The number of nitrogens with two attached hydrogens (primary N) is 1. The molecule has 0 bridgehead atoms. The maximum Gasteiger partial charge on any atom is 0.258 e. The van der Waals surface area contributed by atoms with Crippen LogP contribution in [0, 0.1) is 0 Å². The van der Waals surface area contributed by atoms with Crippen molar-refractivity contribution in [1.82, 2.24) is 0 Å². The number of fused-ring (bicyclic) bond motifs is 1. The molecule has 1 heterocycles. The highest BCUT2D eigenvalue weighted by Crippen LogP contribution is 2.29. The molecule has 0 saturated heterocycles. The summed E-state index contributed by atoms with van der Waals surface area (Å²) in [5, 5.41) is 0. The molecule has 0 aliphatic carbocycles. The number of hydrogen-bond donors (Lipinski definition) is 1. The van der Waals surface area contributed by atoms with Gasteiger partial charge >= 0.3 is 0 Å². The van der Waals surface area contributed by atoms with Crippen LogP contribution in [0.2, 0.25) is 0 Å². The van der Waals surface area contributed by atoms with E-state index in [-0.39, 0.29) is 5.91 Å². The van der Waals surface area contributed by atoms with Gasteiger partial charge in [0.25, 0.3) is 5.91 Å². The van der Waals surface area contributed by atoms with Gasteiger partial charge in [-0.15, -0.1) is 0 Å². The van der Waals surface area contributed by atoms with Gasteiger partial charge in [0.05, 0.1) is 12.8 Å². The van der Waals surface area contributed by atoms with Crippen molar-refractivity contribution in [2.24, 2.45) is 0 Å². The second-order valence-electron chi connectivity index (χ2n) is 5.15. The fraction of sp³-hybridized carbons (Fsp3) is 0.235. The summed E-state index contributed by atoms with van der Waals surface area (Å²) in [5.41, 5.74) is 9.19. The average Bonchev–Trinajstić information content (AvgIpc) is 2.53. The van der Waals surface area contributed by atoms with Crippen LogP contribution in [0.5, 0.6) is 5.75 Å². The first-order valence-corrected chi connectivity index (χ1v) is 7.04. The third-order valence-corrected chi connectivity index (χ3v) is 3.83. The van der Waals surface area contributed by atoms with Gasteiger partial charge < -0.3 is 15.4 Å². The Kier molecular flexibility index (Phi) is 3.52. The van der Waals surface area contributed by atoms with Crippen LogP contribution in [0.4, 0.5) is 11.4 Å². The van der Waals surface area contributed by atoms with Gasteiger partial charge in [-0.3, -0.25) is 4.79 Å².